The van der Waals surface area contributed by atoms with Gasteiger partial charge in [0.2, 0.25) is 11.6 Å². The van der Waals surface area contributed by atoms with Gasteiger partial charge in [0.25, 0.3) is 6.43 Å². The lowest BCUT2D eigenvalue weighted by Gasteiger charge is -2.14. The van der Waals surface area contributed by atoms with E-state index >= 15 is 0 Å². The van der Waals surface area contributed by atoms with Crippen molar-refractivity contribution in [3.05, 3.63) is 57.4 Å². The zero-order valence-corrected chi connectivity index (χ0v) is 13.1. The minimum absolute atomic E-state index is 0.0854. The first-order valence-corrected chi connectivity index (χ1v) is 7.15. The fraction of sp³-hybridized carbons (Fsp3) is 0.333. The first-order valence-electron chi connectivity index (χ1n) is 7.15. The van der Waals surface area contributed by atoms with E-state index in [1.165, 1.54) is 6.92 Å². The summed E-state index contributed by atoms with van der Waals surface area (Å²) in [7, 11) is 0. The van der Waals surface area contributed by atoms with Crippen molar-refractivity contribution in [2.75, 3.05) is 0 Å². The van der Waals surface area contributed by atoms with Crippen molar-refractivity contribution in [3.63, 3.8) is 0 Å². The predicted octanol–water partition coefficient (Wildman–Crippen LogP) is 2.91. The average Bonchev–Trinajstić information content (AvgIpc) is 2.85. The number of carbonyl (C=O) groups is 1. The standard InChI is InChI=1S/C15H16F2N4O3/c1-9(11-6-4-3-5-7-11)18-12(22)8-20-10(2)14(21(23)24)13(19-20)15(16)17/h3-7,9,15H,8H2,1-2H3,(H,18,22). The molecule has 1 heterocycles. The Labute approximate surface area is 136 Å². The van der Waals surface area contributed by atoms with E-state index in [0.717, 1.165) is 10.2 Å². The predicted molar refractivity (Wildman–Crippen MR) is 81.6 cm³/mol. The fourth-order valence-electron chi connectivity index (χ4n) is 2.33. The van der Waals surface area contributed by atoms with Gasteiger partial charge in [-0.15, -0.1) is 0 Å². The molecule has 1 atom stereocenters. The highest BCUT2D eigenvalue weighted by molar-refractivity contribution is 5.76. The zero-order valence-electron chi connectivity index (χ0n) is 13.1. The van der Waals surface area contributed by atoms with Crippen molar-refractivity contribution in [3.8, 4) is 0 Å². The van der Waals surface area contributed by atoms with E-state index in [0.29, 0.717) is 0 Å². The minimum atomic E-state index is -3.09. The number of halogens is 2. The van der Waals surface area contributed by atoms with Gasteiger partial charge in [0.1, 0.15) is 12.2 Å². The molecule has 1 aromatic heterocycles. The van der Waals surface area contributed by atoms with Gasteiger partial charge in [-0.3, -0.25) is 19.6 Å². The lowest BCUT2D eigenvalue weighted by molar-refractivity contribution is -0.386. The first-order chi connectivity index (χ1) is 11.3. The largest absolute Gasteiger partial charge is 0.348 e. The van der Waals surface area contributed by atoms with Gasteiger partial charge < -0.3 is 5.32 Å². The molecule has 0 saturated heterocycles. The molecule has 2 rings (SSSR count). The van der Waals surface area contributed by atoms with Gasteiger partial charge in [0.05, 0.1) is 11.0 Å². The summed E-state index contributed by atoms with van der Waals surface area (Å²) >= 11 is 0. The Morgan fingerprint density at radius 3 is 2.50 bits per heavy atom. The normalized spacial score (nSPS) is 12.2. The number of benzene rings is 1. The number of amides is 1. The minimum Gasteiger partial charge on any atom is -0.348 e. The van der Waals surface area contributed by atoms with Crippen LogP contribution in [0, 0.1) is 17.0 Å². The Bertz CT molecular complexity index is 747. The van der Waals surface area contributed by atoms with Crippen LogP contribution in [0.4, 0.5) is 14.5 Å². The first kappa shape index (κ1) is 17.5. The molecule has 0 aliphatic rings. The molecule has 1 amide bonds. The van der Waals surface area contributed by atoms with Crippen LogP contribution in [-0.4, -0.2) is 20.6 Å². The number of nitro groups is 1. The molecule has 7 nitrogen and oxygen atoms in total. The van der Waals surface area contributed by atoms with Crippen LogP contribution in [-0.2, 0) is 11.3 Å². The molecule has 0 radical (unpaired) electrons. The third-order valence-electron chi connectivity index (χ3n) is 3.56. The molecule has 0 fully saturated rings. The molecular formula is C15H16F2N4O3. The Hall–Kier alpha value is -2.84. The summed E-state index contributed by atoms with van der Waals surface area (Å²) in [6, 6.07) is 8.88. The molecule has 0 saturated carbocycles. The molecule has 0 aliphatic heterocycles. The van der Waals surface area contributed by atoms with Crippen LogP contribution >= 0.6 is 0 Å². The smallest absolute Gasteiger partial charge is 0.319 e. The van der Waals surface area contributed by atoms with Gasteiger partial charge in [-0.2, -0.15) is 5.10 Å². The molecule has 2 aromatic rings. The Balaban J connectivity index is 2.15. The topological polar surface area (TPSA) is 90.1 Å². The zero-order chi connectivity index (χ0) is 17.9. The third kappa shape index (κ3) is 3.73. The van der Waals surface area contributed by atoms with E-state index in [2.05, 4.69) is 10.4 Å². The molecule has 1 N–H and O–H groups in total. The maximum atomic E-state index is 12.9. The van der Waals surface area contributed by atoms with Crippen LogP contribution in [0.1, 0.15) is 36.3 Å². The molecule has 128 valence electrons. The maximum Gasteiger partial charge on any atom is 0.319 e. The van der Waals surface area contributed by atoms with Gasteiger partial charge in [0, 0.05) is 0 Å². The van der Waals surface area contributed by atoms with Crippen molar-refractivity contribution in [2.45, 2.75) is 32.9 Å². The van der Waals surface area contributed by atoms with E-state index in [4.69, 9.17) is 0 Å². The van der Waals surface area contributed by atoms with Crippen molar-refractivity contribution in [2.24, 2.45) is 0 Å². The average molecular weight is 338 g/mol. The Morgan fingerprint density at radius 1 is 1.38 bits per heavy atom. The number of carbonyl (C=O) groups excluding carboxylic acids is 1. The monoisotopic (exact) mass is 338 g/mol. The van der Waals surface area contributed by atoms with Gasteiger partial charge in [-0.25, -0.2) is 8.78 Å². The third-order valence-corrected chi connectivity index (χ3v) is 3.56. The molecule has 9 heteroatoms. The van der Waals surface area contributed by atoms with Gasteiger partial charge in [-0.05, 0) is 19.4 Å². The Morgan fingerprint density at radius 2 is 2.00 bits per heavy atom. The summed E-state index contributed by atoms with van der Waals surface area (Å²) < 4.78 is 26.7. The van der Waals surface area contributed by atoms with E-state index in [1.54, 1.807) is 6.92 Å². The van der Waals surface area contributed by atoms with E-state index < -0.39 is 28.6 Å². The summed E-state index contributed by atoms with van der Waals surface area (Å²) in [6.07, 6.45) is -3.09. The van der Waals surface area contributed by atoms with Crippen LogP contribution in [0.3, 0.4) is 0 Å². The van der Waals surface area contributed by atoms with E-state index in [-0.39, 0.29) is 18.3 Å². The number of hydrogen-bond acceptors (Lipinski definition) is 4. The highest BCUT2D eigenvalue weighted by Crippen LogP contribution is 2.30. The molecule has 1 aromatic carbocycles. The summed E-state index contributed by atoms with van der Waals surface area (Å²) in [4.78, 5) is 22.1. The molecule has 1 unspecified atom stereocenters. The van der Waals surface area contributed by atoms with Gasteiger partial charge in [-0.1, -0.05) is 30.3 Å². The van der Waals surface area contributed by atoms with Crippen LogP contribution in [0.25, 0.3) is 0 Å². The van der Waals surface area contributed by atoms with Crippen molar-refractivity contribution in [1.82, 2.24) is 15.1 Å². The number of hydrogen-bond donors (Lipinski definition) is 1. The highest BCUT2D eigenvalue weighted by Gasteiger charge is 2.31. The summed E-state index contributed by atoms with van der Waals surface area (Å²) in [6.45, 7) is 2.68. The SMILES string of the molecule is Cc1c([N+](=O)[O-])c(C(F)F)nn1CC(=O)NC(C)c1ccccc1. The van der Waals surface area contributed by atoms with Crippen molar-refractivity contribution < 1.29 is 18.5 Å². The lowest BCUT2D eigenvalue weighted by atomic mass is 10.1. The highest BCUT2D eigenvalue weighted by atomic mass is 19.3. The van der Waals surface area contributed by atoms with Crippen LogP contribution in [0.15, 0.2) is 30.3 Å². The lowest BCUT2D eigenvalue weighted by Crippen LogP contribution is -2.30. The second-order valence-electron chi connectivity index (χ2n) is 5.23. The molecule has 0 aliphatic carbocycles. The van der Waals surface area contributed by atoms with Crippen LogP contribution in [0.5, 0.6) is 0 Å². The number of nitrogens with zero attached hydrogens (tertiary/aromatic N) is 3. The maximum absolute atomic E-state index is 12.9. The van der Waals surface area contributed by atoms with Crippen LogP contribution < -0.4 is 5.32 Å². The van der Waals surface area contributed by atoms with Gasteiger partial charge >= 0.3 is 5.69 Å². The van der Waals surface area contributed by atoms with E-state index in [1.807, 2.05) is 30.3 Å². The number of nitrogens with one attached hydrogen (secondary N) is 1. The second-order valence-corrected chi connectivity index (χ2v) is 5.23. The van der Waals surface area contributed by atoms with Crippen molar-refractivity contribution in [1.29, 1.82) is 0 Å². The molecule has 24 heavy (non-hydrogen) atoms. The summed E-state index contributed by atoms with van der Waals surface area (Å²) in [5.74, 6) is -0.479. The number of rotatable bonds is 6. The molecule has 0 spiro atoms. The summed E-state index contributed by atoms with van der Waals surface area (Å²) in [5, 5.41) is 17.1. The second kappa shape index (κ2) is 7.16. The Kier molecular flexibility index (Phi) is 5.22. The quantitative estimate of drug-likeness (QED) is 0.648. The fourth-order valence-corrected chi connectivity index (χ4v) is 2.33. The molecular weight excluding hydrogens is 322 g/mol. The summed E-state index contributed by atoms with van der Waals surface area (Å²) in [5.41, 5.74) is -0.893. The van der Waals surface area contributed by atoms with Crippen LogP contribution in [0.2, 0.25) is 0 Å². The number of alkyl halides is 2. The molecule has 0 bridgehead atoms. The van der Waals surface area contributed by atoms with Crippen molar-refractivity contribution >= 4 is 11.6 Å². The van der Waals surface area contributed by atoms with E-state index in [9.17, 15) is 23.7 Å². The van der Waals surface area contributed by atoms with Gasteiger partial charge in [0.15, 0.2) is 0 Å². The number of aromatic nitrogens is 2.